The zero-order chi connectivity index (χ0) is 13.0. The normalized spacial score (nSPS) is 10.3. The van der Waals surface area contributed by atoms with Gasteiger partial charge in [0.1, 0.15) is 12.1 Å². The van der Waals surface area contributed by atoms with E-state index in [4.69, 9.17) is 11.6 Å². The quantitative estimate of drug-likeness (QED) is 0.759. The second-order valence-electron chi connectivity index (χ2n) is 4.06. The third-order valence-electron chi connectivity index (χ3n) is 2.84. The number of hydrogen-bond donors (Lipinski definition) is 0. The zero-order valence-electron chi connectivity index (χ0n) is 9.70. The van der Waals surface area contributed by atoms with Crippen LogP contribution in [0.4, 0.5) is 4.39 Å². The van der Waals surface area contributed by atoms with E-state index in [1.54, 1.807) is 24.3 Å². The summed E-state index contributed by atoms with van der Waals surface area (Å²) in [5.74, 6) is -0.271. The molecule has 2 rings (SSSR count). The van der Waals surface area contributed by atoms with E-state index in [2.05, 4.69) is 0 Å². The van der Waals surface area contributed by atoms with Gasteiger partial charge in [-0.15, -0.1) is 0 Å². The van der Waals surface area contributed by atoms with Crippen LogP contribution >= 0.6 is 11.6 Å². The van der Waals surface area contributed by atoms with Gasteiger partial charge in [0.25, 0.3) is 0 Å². The topological polar surface area (TPSA) is 17.1 Å². The number of halogens is 2. The fraction of sp³-hybridized carbons (Fsp3) is 0.133. The van der Waals surface area contributed by atoms with Gasteiger partial charge in [0, 0.05) is 16.1 Å². The van der Waals surface area contributed by atoms with E-state index < -0.39 is 0 Å². The van der Waals surface area contributed by atoms with Crippen molar-refractivity contribution < 1.29 is 9.18 Å². The summed E-state index contributed by atoms with van der Waals surface area (Å²) in [7, 11) is 0. The van der Waals surface area contributed by atoms with Crippen molar-refractivity contribution in [3.8, 4) is 0 Å². The first-order valence-corrected chi connectivity index (χ1v) is 6.05. The molecule has 2 aromatic rings. The third-order valence-corrected chi connectivity index (χ3v) is 3.20. The summed E-state index contributed by atoms with van der Waals surface area (Å²) in [6, 6.07) is 12.0. The van der Waals surface area contributed by atoms with Crippen LogP contribution in [0.2, 0.25) is 5.02 Å². The highest BCUT2D eigenvalue weighted by Gasteiger charge is 2.06. The van der Waals surface area contributed by atoms with Crippen molar-refractivity contribution in [2.45, 2.75) is 12.8 Å². The van der Waals surface area contributed by atoms with Crippen LogP contribution in [-0.4, -0.2) is 6.29 Å². The van der Waals surface area contributed by atoms with Gasteiger partial charge in [0.2, 0.25) is 0 Å². The maximum absolute atomic E-state index is 13.5. The first-order valence-electron chi connectivity index (χ1n) is 5.67. The number of benzene rings is 2. The van der Waals surface area contributed by atoms with Crippen LogP contribution in [0.25, 0.3) is 0 Å². The van der Waals surface area contributed by atoms with E-state index in [9.17, 15) is 9.18 Å². The predicted molar refractivity (Wildman–Crippen MR) is 70.6 cm³/mol. The molecule has 0 aliphatic heterocycles. The van der Waals surface area contributed by atoms with Crippen molar-refractivity contribution in [3.05, 3.63) is 70.0 Å². The lowest BCUT2D eigenvalue weighted by Gasteiger charge is -2.06. The van der Waals surface area contributed by atoms with Crippen LogP contribution in [0.5, 0.6) is 0 Å². The van der Waals surface area contributed by atoms with Gasteiger partial charge in [0.05, 0.1) is 0 Å². The number of carbonyl (C=O) groups excluding carboxylic acids is 1. The van der Waals surface area contributed by atoms with Crippen LogP contribution in [0.3, 0.4) is 0 Å². The minimum absolute atomic E-state index is 0.271. The lowest BCUT2D eigenvalue weighted by molar-refractivity contribution is 0.112. The summed E-state index contributed by atoms with van der Waals surface area (Å²) in [5.41, 5.74) is 2.24. The molecule has 0 atom stereocenters. The van der Waals surface area contributed by atoms with Crippen LogP contribution in [-0.2, 0) is 12.8 Å². The van der Waals surface area contributed by atoms with Gasteiger partial charge in [0.15, 0.2) is 0 Å². The number of carbonyl (C=O) groups is 1. The number of aryl methyl sites for hydroxylation is 1. The highest BCUT2D eigenvalue weighted by molar-refractivity contribution is 6.31. The van der Waals surface area contributed by atoms with Gasteiger partial charge in [-0.05, 0) is 30.5 Å². The van der Waals surface area contributed by atoms with Gasteiger partial charge >= 0.3 is 0 Å². The Hall–Kier alpha value is -1.67. The minimum atomic E-state index is -0.271. The highest BCUT2D eigenvalue weighted by Crippen LogP contribution is 2.20. The molecule has 18 heavy (non-hydrogen) atoms. The molecule has 1 nitrogen and oxygen atoms in total. The van der Waals surface area contributed by atoms with Gasteiger partial charge in [-0.25, -0.2) is 4.39 Å². The molecule has 0 amide bonds. The van der Waals surface area contributed by atoms with Gasteiger partial charge in [-0.3, -0.25) is 4.79 Å². The van der Waals surface area contributed by atoms with Crippen LogP contribution in [0.15, 0.2) is 42.5 Å². The van der Waals surface area contributed by atoms with E-state index in [-0.39, 0.29) is 5.82 Å². The van der Waals surface area contributed by atoms with Crippen molar-refractivity contribution in [3.63, 3.8) is 0 Å². The highest BCUT2D eigenvalue weighted by atomic mass is 35.5. The van der Waals surface area contributed by atoms with Crippen LogP contribution < -0.4 is 0 Å². The lowest BCUT2D eigenvalue weighted by atomic mass is 10.0. The second kappa shape index (κ2) is 5.78. The molecule has 0 radical (unpaired) electrons. The molecule has 0 heterocycles. The molecule has 3 heteroatoms. The SMILES string of the molecule is O=Cc1ccc(CCc2c(F)cccc2Cl)cc1. The Bertz CT molecular complexity index is 529. The summed E-state index contributed by atoms with van der Waals surface area (Å²) in [5, 5.41) is 0.458. The number of aldehydes is 1. The molecule has 0 aromatic heterocycles. The minimum Gasteiger partial charge on any atom is -0.298 e. The maximum atomic E-state index is 13.5. The first kappa shape index (κ1) is 12.8. The predicted octanol–water partition coefficient (Wildman–Crippen LogP) is 4.08. The Balaban J connectivity index is 2.09. The Morgan fingerprint density at radius 3 is 2.39 bits per heavy atom. The molecule has 0 aliphatic carbocycles. The Morgan fingerprint density at radius 1 is 1.06 bits per heavy atom. The van der Waals surface area contributed by atoms with Crippen molar-refractivity contribution in [1.82, 2.24) is 0 Å². The monoisotopic (exact) mass is 262 g/mol. The zero-order valence-corrected chi connectivity index (χ0v) is 10.5. The summed E-state index contributed by atoms with van der Waals surface area (Å²) in [4.78, 5) is 10.5. The van der Waals surface area contributed by atoms with E-state index in [0.29, 0.717) is 29.0 Å². The molecule has 0 bridgehead atoms. The average Bonchev–Trinajstić information content (AvgIpc) is 2.39. The smallest absolute Gasteiger partial charge is 0.150 e. The maximum Gasteiger partial charge on any atom is 0.150 e. The van der Waals surface area contributed by atoms with Crippen molar-refractivity contribution in [1.29, 1.82) is 0 Å². The second-order valence-corrected chi connectivity index (χ2v) is 4.47. The van der Waals surface area contributed by atoms with Gasteiger partial charge < -0.3 is 0 Å². The van der Waals surface area contributed by atoms with E-state index in [1.165, 1.54) is 6.07 Å². The van der Waals surface area contributed by atoms with Gasteiger partial charge in [-0.2, -0.15) is 0 Å². The van der Waals surface area contributed by atoms with Crippen LogP contribution in [0, 0.1) is 5.82 Å². The fourth-order valence-corrected chi connectivity index (χ4v) is 2.06. The standard InChI is InChI=1S/C15H12ClFO/c16-14-2-1-3-15(17)13(14)9-8-11-4-6-12(10-18)7-5-11/h1-7,10H,8-9H2. The molecule has 0 N–H and O–H groups in total. The molecule has 2 aromatic carbocycles. The summed E-state index contributed by atoms with van der Waals surface area (Å²) >= 11 is 5.96. The number of hydrogen-bond acceptors (Lipinski definition) is 1. The third kappa shape index (κ3) is 2.96. The van der Waals surface area contributed by atoms with Gasteiger partial charge in [-0.1, -0.05) is 41.9 Å². The van der Waals surface area contributed by atoms with Crippen molar-refractivity contribution in [2.24, 2.45) is 0 Å². The Morgan fingerprint density at radius 2 is 1.78 bits per heavy atom. The average molecular weight is 263 g/mol. The molecule has 0 fully saturated rings. The summed E-state index contributed by atoms with van der Waals surface area (Å²) in [6.45, 7) is 0. The lowest BCUT2D eigenvalue weighted by Crippen LogP contribution is -1.96. The Kier molecular flexibility index (Phi) is 4.11. The number of rotatable bonds is 4. The largest absolute Gasteiger partial charge is 0.298 e. The fourth-order valence-electron chi connectivity index (χ4n) is 1.80. The Labute approximate surface area is 110 Å². The van der Waals surface area contributed by atoms with E-state index in [1.807, 2.05) is 12.1 Å². The van der Waals surface area contributed by atoms with Crippen molar-refractivity contribution in [2.75, 3.05) is 0 Å². The first-order chi connectivity index (χ1) is 8.70. The van der Waals surface area contributed by atoms with Crippen molar-refractivity contribution >= 4 is 17.9 Å². The van der Waals surface area contributed by atoms with E-state index in [0.717, 1.165) is 11.8 Å². The molecule has 0 saturated carbocycles. The molecule has 0 aliphatic rings. The molecule has 0 spiro atoms. The van der Waals surface area contributed by atoms with E-state index >= 15 is 0 Å². The molecular formula is C15H12ClFO. The summed E-state index contributed by atoms with van der Waals surface area (Å²) in [6.07, 6.45) is 2.04. The summed E-state index contributed by atoms with van der Waals surface area (Å²) < 4.78 is 13.5. The molecule has 0 unspecified atom stereocenters. The molecule has 0 saturated heterocycles. The molecular weight excluding hydrogens is 251 g/mol. The molecule has 92 valence electrons. The van der Waals surface area contributed by atoms with Crippen LogP contribution in [0.1, 0.15) is 21.5 Å².